The Morgan fingerprint density at radius 3 is 2.54 bits per heavy atom. The van der Waals surface area contributed by atoms with Gasteiger partial charge in [-0.05, 0) is 47.9 Å². The second kappa shape index (κ2) is 7.89. The van der Waals surface area contributed by atoms with Crippen LogP contribution in [-0.4, -0.2) is 29.1 Å². The standard InChI is InChI=1S/C19H15FN2O6/c20-13-7-11(9-16-17(23)22-19(26)28-16)3-6-15(13)27-12-4-1-10(2-5-12)8-14(21)18(24)25/h1-7,9,14H,8,21H2,(H,24,25)(H,22,23,26). The lowest BCUT2D eigenvalue weighted by Gasteiger charge is -2.10. The lowest BCUT2D eigenvalue weighted by Crippen LogP contribution is -2.32. The number of cyclic esters (lactones) is 1. The van der Waals surface area contributed by atoms with Crippen molar-refractivity contribution in [2.24, 2.45) is 5.73 Å². The monoisotopic (exact) mass is 386 g/mol. The van der Waals surface area contributed by atoms with Gasteiger partial charge in [0.1, 0.15) is 11.8 Å². The molecule has 9 heteroatoms. The first kappa shape index (κ1) is 19.1. The summed E-state index contributed by atoms with van der Waals surface area (Å²) in [5.74, 6) is -2.41. The van der Waals surface area contributed by atoms with Gasteiger partial charge in [0.25, 0.3) is 5.91 Å². The van der Waals surface area contributed by atoms with E-state index in [1.807, 2.05) is 5.32 Å². The number of nitrogens with two attached hydrogens (primary N) is 1. The van der Waals surface area contributed by atoms with Gasteiger partial charge in [0, 0.05) is 0 Å². The number of alkyl carbamates (subject to hydrolysis) is 1. The van der Waals surface area contributed by atoms with E-state index in [1.54, 1.807) is 24.3 Å². The molecular weight excluding hydrogens is 371 g/mol. The van der Waals surface area contributed by atoms with Crippen LogP contribution in [0.15, 0.2) is 48.2 Å². The van der Waals surface area contributed by atoms with Crippen molar-refractivity contribution in [3.63, 3.8) is 0 Å². The third-order valence-corrected chi connectivity index (χ3v) is 3.82. The second-order valence-electron chi connectivity index (χ2n) is 5.94. The van der Waals surface area contributed by atoms with Gasteiger partial charge in [-0.15, -0.1) is 0 Å². The molecule has 1 aliphatic heterocycles. The first-order chi connectivity index (χ1) is 13.3. The Morgan fingerprint density at radius 2 is 1.96 bits per heavy atom. The molecule has 2 aromatic carbocycles. The molecule has 144 valence electrons. The summed E-state index contributed by atoms with van der Waals surface area (Å²) in [6.45, 7) is 0. The van der Waals surface area contributed by atoms with Gasteiger partial charge < -0.3 is 20.3 Å². The van der Waals surface area contributed by atoms with E-state index >= 15 is 0 Å². The first-order valence-corrected chi connectivity index (χ1v) is 8.11. The maximum absolute atomic E-state index is 14.3. The van der Waals surface area contributed by atoms with Crippen LogP contribution in [0.4, 0.5) is 9.18 Å². The quantitative estimate of drug-likeness (QED) is 0.649. The predicted molar refractivity (Wildman–Crippen MR) is 94.8 cm³/mol. The minimum absolute atomic E-state index is 0.0509. The van der Waals surface area contributed by atoms with E-state index in [0.29, 0.717) is 16.9 Å². The Balaban J connectivity index is 1.70. The third-order valence-electron chi connectivity index (χ3n) is 3.82. The Kier molecular flexibility index (Phi) is 5.37. The number of halogens is 1. The van der Waals surface area contributed by atoms with Gasteiger partial charge >= 0.3 is 12.1 Å². The molecule has 3 rings (SSSR count). The zero-order valence-corrected chi connectivity index (χ0v) is 14.3. The van der Waals surface area contributed by atoms with Crippen LogP contribution in [0.25, 0.3) is 6.08 Å². The fourth-order valence-corrected chi connectivity index (χ4v) is 2.42. The Morgan fingerprint density at radius 1 is 1.25 bits per heavy atom. The molecule has 1 fully saturated rings. The zero-order chi connectivity index (χ0) is 20.3. The maximum Gasteiger partial charge on any atom is 0.419 e. The Hall–Kier alpha value is -3.72. The van der Waals surface area contributed by atoms with E-state index in [0.717, 1.165) is 6.07 Å². The Bertz CT molecular complexity index is 971. The van der Waals surface area contributed by atoms with Crippen molar-refractivity contribution in [1.29, 1.82) is 0 Å². The number of carbonyl (C=O) groups is 3. The number of hydrogen-bond acceptors (Lipinski definition) is 6. The minimum atomic E-state index is -1.10. The molecule has 2 aromatic rings. The number of hydrogen-bond donors (Lipinski definition) is 3. The van der Waals surface area contributed by atoms with Gasteiger partial charge in [-0.1, -0.05) is 18.2 Å². The van der Waals surface area contributed by atoms with Crippen LogP contribution >= 0.6 is 0 Å². The smallest absolute Gasteiger partial charge is 0.419 e. The van der Waals surface area contributed by atoms with E-state index in [4.69, 9.17) is 15.6 Å². The van der Waals surface area contributed by atoms with Crippen LogP contribution in [0.3, 0.4) is 0 Å². The van der Waals surface area contributed by atoms with Crippen LogP contribution in [0, 0.1) is 5.82 Å². The summed E-state index contributed by atoms with van der Waals surface area (Å²) in [6, 6.07) is 9.40. The van der Waals surface area contributed by atoms with Crippen LogP contribution in [0.5, 0.6) is 11.5 Å². The van der Waals surface area contributed by atoms with Gasteiger partial charge in [0.15, 0.2) is 17.3 Å². The topological polar surface area (TPSA) is 128 Å². The molecule has 0 saturated carbocycles. The van der Waals surface area contributed by atoms with Crippen molar-refractivity contribution in [3.8, 4) is 11.5 Å². The Labute approximate surface area is 158 Å². The highest BCUT2D eigenvalue weighted by Gasteiger charge is 2.26. The minimum Gasteiger partial charge on any atom is -0.480 e. The van der Waals surface area contributed by atoms with Crippen LogP contribution in [-0.2, 0) is 20.7 Å². The number of amides is 2. The number of ether oxygens (including phenoxy) is 2. The number of carboxylic acids is 1. The predicted octanol–water partition coefficient (Wildman–Crippen LogP) is 2.18. The van der Waals surface area contributed by atoms with Crippen molar-refractivity contribution in [1.82, 2.24) is 5.32 Å². The molecular formula is C19H15FN2O6. The van der Waals surface area contributed by atoms with Gasteiger partial charge in [0.05, 0.1) is 0 Å². The van der Waals surface area contributed by atoms with E-state index < -0.39 is 29.8 Å². The molecule has 1 aliphatic rings. The molecule has 0 bridgehead atoms. The SMILES string of the molecule is NC(Cc1ccc(Oc2ccc(C=C3OC(=O)NC3=O)cc2F)cc1)C(=O)O. The molecule has 28 heavy (non-hydrogen) atoms. The summed E-state index contributed by atoms with van der Waals surface area (Å²) in [6.07, 6.45) is 0.503. The molecule has 1 atom stereocenters. The number of rotatable bonds is 6. The van der Waals surface area contributed by atoms with Crippen molar-refractivity contribution in [3.05, 3.63) is 65.2 Å². The first-order valence-electron chi connectivity index (χ1n) is 8.11. The summed E-state index contributed by atoms with van der Waals surface area (Å²) < 4.78 is 24.4. The van der Waals surface area contributed by atoms with Gasteiger partial charge in [0.2, 0.25) is 0 Å². The normalized spacial score (nSPS) is 15.9. The summed E-state index contributed by atoms with van der Waals surface area (Å²) >= 11 is 0. The van der Waals surface area contributed by atoms with Crippen LogP contribution < -0.4 is 15.8 Å². The number of benzene rings is 2. The highest BCUT2D eigenvalue weighted by molar-refractivity contribution is 6.09. The van der Waals surface area contributed by atoms with Crippen LogP contribution in [0.2, 0.25) is 0 Å². The molecule has 8 nitrogen and oxygen atoms in total. The number of imide groups is 1. The average Bonchev–Trinajstić information content (AvgIpc) is 2.96. The molecule has 1 unspecified atom stereocenters. The van der Waals surface area contributed by atoms with E-state index in [9.17, 15) is 18.8 Å². The van der Waals surface area contributed by atoms with Crippen LogP contribution in [0.1, 0.15) is 11.1 Å². The molecule has 1 heterocycles. The summed E-state index contributed by atoms with van der Waals surface area (Å²) in [7, 11) is 0. The van der Waals surface area contributed by atoms with Gasteiger partial charge in [-0.3, -0.25) is 14.9 Å². The molecule has 0 spiro atoms. The van der Waals surface area contributed by atoms with Crippen molar-refractivity contribution in [2.45, 2.75) is 12.5 Å². The van der Waals surface area contributed by atoms with Crippen molar-refractivity contribution >= 4 is 24.0 Å². The molecule has 2 amide bonds. The molecule has 0 radical (unpaired) electrons. The average molecular weight is 386 g/mol. The number of carboxylic acid groups (broad SMARTS) is 1. The number of nitrogens with one attached hydrogen (secondary N) is 1. The summed E-state index contributed by atoms with van der Waals surface area (Å²) in [4.78, 5) is 33.2. The summed E-state index contributed by atoms with van der Waals surface area (Å²) in [5.41, 5.74) is 6.49. The molecule has 4 N–H and O–H groups in total. The van der Waals surface area contributed by atoms with Crippen molar-refractivity contribution in [2.75, 3.05) is 0 Å². The fraction of sp³-hybridized carbons (Fsp3) is 0.105. The highest BCUT2D eigenvalue weighted by Crippen LogP contribution is 2.26. The third kappa shape index (κ3) is 4.51. The van der Waals surface area contributed by atoms with E-state index in [2.05, 4.69) is 4.74 Å². The number of aliphatic carboxylic acids is 1. The largest absolute Gasteiger partial charge is 0.480 e. The van der Waals surface area contributed by atoms with E-state index in [-0.39, 0.29) is 17.9 Å². The van der Waals surface area contributed by atoms with Gasteiger partial charge in [-0.25, -0.2) is 9.18 Å². The maximum atomic E-state index is 14.3. The number of carbonyl (C=O) groups excluding carboxylic acids is 2. The molecule has 0 aliphatic carbocycles. The van der Waals surface area contributed by atoms with Crippen molar-refractivity contribution < 1.29 is 33.4 Å². The molecule has 1 saturated heterocycles. The molecule has 0 aromatic heterocycles. The zero-order valence-electron chi connectivity index (χ0n) is 14.3. The van der Waals surface area contributed by atoms with Gasteiger partial charge in [-0.2, -0.15) is 0 Å². The second-order valence-corrected chi connectivity index (χ2v) is 5.94. The lowest BCUT2D eigenvalue weighted by atomic mass is 10.1. The summed E-state index contributed by atoms with van der Waals surface area (Å²) in [5, 5.41) is 10.8. The fourth-order valence-electron chi connectivity index (χ4n) is 2.42. The highest BCUT2D eigenvalue weighted by atomic mass is 19.1. The van der Waals surface area contributed by atoms with E-state index in [1.165, 1.54) is 18.2 Å². The lowest BCUT2D eigenvalue weighted by molar-refractivity contribution is -0.138.